The lowest BCUT2D eigenvalue weighted by Crippen LogP contribution is -2.38. The van der Waals surface area contributed by atoms with Gasteiger partial charge < -0.3 is 9.47 Å². The zero-order chi connectivity index (χ0) is 45.5. The molecule has 2 nitrogen and oxygen atoms in total. The largest absolute Gasteiger partial charge is 0.344 e. The van der Waals surface area contributed by atoms with Gasteiger partial charge in [-0.2, -0.15) is 0 Å². The van der Waals surface area contributed by atoms with Crippen LogP contribution in [0.3, 0.4) is 0 Å². The Bertz CT molecular complexity index is 2980. The van der Waals surface area contributed by atoms with Gasteiger partial charge in [-0.3, -0.25) is 0 Å². The number of allylic oxidation sites excluding steroid dienone is 14. The molecule has 0 N–H and O–H groups in total. The molecule has 0 radical (unpaired) electrons. The summed E-state index contributed by atoms with van der Waals surface area (Å²) in [7, 11) is 2.19. The molecule has 67 heavy (non-hydrogen) atoms. The molecule has 4 heteroatoms. The fourth-order valence-electron chi connectivity index (χ4n) is 10.5. The van der Waals surface area contributed by atoms with E-state index >= 15 is 0 Å². The highest BCUT2D eigenvalue weighted by molar-refractivity contribution is 6.84. The van der Waals surface area contributed by atoms with Crippen LogP contribution in [0.1, 0.15) is 36.8 Å². The highest BCUT2D eigenvalue weighted by Crippen LogP contribution is 2.48. The molecular formula is C63H62B2N2. The molecule has 1 aromatic heterocycles. The lowest BCUT2D eigenvalue weighted by molar-refractivity contribution is 0.813. The first kappa shape index (κ1) is 44.1. The SMILES string of the molecule is C1=CC=CCC=C1.C1=CCC2CC2C=C1.CB(CC1=CC2CC2C=C1)c1ccc(N2c3ccccc3Cc3c2ccc2c3c3ccccc3n2C)cc1.CB(c1ccccc1)c1ccccc1. The van der Waals surface area contributed by atoms with Crippen molar-refractivity contribution in [2.24, 2.45) is 30.7 Å². The van der Waals surface area contributed by atoms with Crippen LogP contribution in [0, 0.1) is 23.7 Å². The number of benzene rings is 6. The van der Waals surface area contributed by atoms with Crippen LogP contribution in [-0.4, -0.2) is 18.0 Å². The van der Waals surface area contributed by atoms with Crippen molar-refractivity contribution < 1.29 is 0 Å². The number of fused-ring (bicyclic) bond motifs is 8. The van der Waals surface area contributed by atoms with Crippen molar-refractivity contribution in [2.45, 2.75) is 52.1 Å². The number of aromatic nitrogens is 1. The minimum Gasteiger partial charge on any atom is -0.344 e. The summed E-state index contributed by atoms with van der Waals surface area (Å²) in [6, 6.07) is 52.9. The van der Waals surface area contributed by atoms with E-state index in [4.69, 9.17) is 0 Å². The molecule has 0 amide bonds. The maximum absolute atomic E-state index is 2.52. The van der Waals surface area contributed by atoms with E-state index in [1.165, 1.54) is 91.2 Å². The molecule has 0 bridgehead atoms. The number of para-hydroxylation sites is 2. The van der Waals surface area contributed by atoms with E-state index in [2.05, 4.69) is 243 Å². The first-order valence-corrected chi connectivity index (χ1v) is 24.8. The van der Waals surface area contributed by atoms with Gasteiger partial charge in [-0.05, 0) is 103 Å². The molecule has 0 spiro atoms. The zero-order valence-electron chi connectivity index (χ0n) is 39.5. The Kier molecular flexibility index (Phi) is 13.4. The molecule has 2 heterocycles. The monoisotopic (exact) mass is 869 g/mol. The van der Waals surface area contributed by atoms with E-state index < -0.39 is 0 Å². The van der Waals surface area contributed by atoms with Crippen molar-refractivity contribution >= 4 is 68.7 Å². The quantitative estimate of drug-likeness (QED) is 0.151. The van der Waals surface area contributed by atoms with Gasteiger partial charge in [0.2, 0.25) is 6.71 Å². The van der Waals surface area contributed by atoms with E-state index in [1.807, 2.05) is 12.2 Å². The fourth-order valence-corrected chi connectivity index (χ4v) is 10.5. The van der Waals surface area contributed by atoms with Crippen molar-refractivity contribution in [3.8, 4) is 0 Å². The van der Waals surface area contributed by atoms with E-state index in [9.17, 15) is 0 Å². The number of rotatable bonds is 6. The Labute approximate surface area is 400 Å². The highest BCUT2D eigenvalue weighted by Gasteiger charge is 2.35. The van der Waals surface area contributed by atoms with E-state index in [1.54, 1.807) is 0 Å². The molecule has 6 aromatic carbocycles. The fraction of sp³-hybridized carbons (Fsp3) is 0.206. The van der Waals surface area contributed by atoms with Crippen molar-refractivity contribution in [1.29, 1.82) is 0 Å². The Morgan fingerprint density at radius 3 is 1.99 bits per heavy atom. The Morgan fingerprint density at radius 2 is 1.24 bits per heavy atom. The molecule has 0 saturated heterocycles. The van der Waals surface area contributed by atoms with Gasteiger partial charge in [0.1, 0.15) is 0 Å². The van der Waals surface area contributed by atoms with Gasteiger partial charge in [0.05, 0.1) is 5.69 Å². The van der Waals surface area contributed by atoms with Crippen LogP contribution in [0.5, 0.6) is 0 Å². The maximum Gasteiger partial charge on any atom is 0.206 e. The van der Waals surface area contributed by atoms with Crippen molar-refractivity contribution in [3.63, 3.8) is 0 Å². The topological polar surface area (TPSA) is 8.17 Å². The minimum absolute atomic E-state index is 0.484. The Balaban J connectivity index is 0.000000145. The van der Waals surface area contributed by atoms with E-state index in [-0.39, 0.29) is 0 Å². The number of nitrogens with zero attached hydrogens (tertiary/aromatic N) is 2. The van der Waals surface area contributed by atoms with Gasteiger partial charge in [-0.1, -0.05) is 224 Å². The summed E-state index contributed by atoms with van der Waals surface area (Å²) >= 11 is 0. The molecule has 4 atom stereocenters. The van der Waals surface area contributed by atoms with Crippen LogP contribution in [0.25, 0.3) is 21.8 Å². The van der Waals surface area contributed by atoms with E-state index in [0.29, 0.717) is 13.4 Å². The van der Waals surface area contributed by atoms with Crippen LogP contribution in [0.15, 0.2) is 230 Å². The number of hydrogen-bond donors (Lipinski definition) is 0. The van der Waals surface area contributed by atoms with Gasteiger partial charge in [-0.15, -0.1) is 0 Å². The third kappa shape index (κ3) is 10.2. The van der Waals surface area contributed by atoms with Crippen molar-refractivity contribution in [3.05, 3.63) is 241 Å². The summed E-state index contributed by atoms with van der Waals surface area (Å²) in [6.07, 6.45) is 35.9. The zero-order valence-corrected chi connectivity index (χ0v) is 39.5. The molecule has 7 aromatic rings. The normalized spacial score (nSPS) is 19.6. The lowest BCUT2D eigenvalue weighted by atomic mass is 9.43. The van der Waals surface area contributed by atoms with Crippen LogP contribution >= 0.6 is 0 Å². The second-order valence-corrected chi connectivity index (χ2v) is 19.3. The average molecular weight is 869 g/mol. The van der Waals surface area contributed by atoms with E-state index in [0.717, 1.165) is 42.8 Å². The lowest BCUT2D eigenvalue weighted by Gasteiger charge is -2.34. The smallest absolute Gasteiger partial charge is 0.206 e. The molecule has 2 saturated carbocycles. The number of aryl methyl sites for hydroxylation is 1. The molecule has 13 rings (SSSR count). The molecule has 5 aliphatic carbocycles. The van der Waals surface area contributed by atoms with Gasteiger partial charge in [-0.25, -0.2) is 0 Å². The van der Waals surface area contributed by atoms with Crippen LogP contribution in [-0.2, 0) is 13.5 Å². The van der Waals surface area contributed by atoms with Gasteiger partial charge >= 0.3 is 0 Å². The predicted octanol–water partition coefficient (Wildman–Crippen LogP) is 14.3. The second kappa shape index (κ2) is 20.4. The number of hydrogen-bond acceptors (Lipinski definition) is 1. The molecule has 2 fully saturated rings. The third-order valence-electron chi connectivity index (χ3n) is 14.6. The second-order valence-electron chi connectivity index (χ2n) is 19.3. The summed E-state index contributed by atoms with van der Waals surface area (Å²) < 4.78 is 2.34. The Hall–Kier alpha value is -6.77. The predicted molar refractivity (Wildman–Crippen MR) is 293 cm³/mol. The van der Waals surface area contributed by atoms with Crippen LogP contribution in [0.4, 0.5) is 17.1 Å². The molecule has 1 aliphatic heterocycles. The summed E-state index contributed by atoms with van der Waals surface area (Å²) in [5.41, 5.74) is 14.9. The van der Waals surface area contributed by atoms with Crippen molar-refractivity contribution in [2.75, 3.05) is 4.90 Å². The third-order valence-corrected chi connectivity index (χ3v) is 14.6. The average Bonchev–Trinajstić information content (AvgIpc) is 4.31. The van der Waals surface area contributed by atoms with Gasteiger partial charge in [0.15, 0.2) is 6.71 Å². The summed E-state index contributed by atoms with van der Waals surface area (Å²) in [5.74, 6) is 3.62. The van der Waals surface area contributed by atoms with Gasteiger partial charge in [0, 0.05) is 46.6 Å². The first-order chi connectivity index (χ1) is 33.0. The molecular weight excluding hydrogens is 806 g/mol. The summed E-state index contributed by atoms with van der Waals surface area (Å²) in [5, 5.41) is 2.73. The maximum atomic E-state index is 2.52. The minimum atomic E-state index is 0.484. The molecule has 4 unspecified atom stereocenters. The van der Waals surface area contributed by atoms with Crippen LogP contribution < -0.4 is 21.3 Å². The van der Waals surface area contributed by atoms with Crippen LogP contribution in [0.2, 0.25) is 20.0 Å². The van der Waals surface area contributed by atoms with Crippen molar-refractivity contribution in [1.82, 2.24) is 4.57 Å². The molecule has 6 aliphatic rings. The number of anilines is 3. The summed E-state index contributed by atoms with van der Waals surface area (Å²) in [4.78, 5) is 2.48. The molecule has 330 valence electrons. The Morgan fingerprint density at radius 1 is 0.552 bits per heavy atom. The standard InChI is InChI=1S/C35H31BN2.C13H13B.C8H10.C7H8/c1-36(22-23-11-12-24-20-26(24)19-23)27-13-15-28(16-14-27)38-31-9-5-3-7-25(31)21-30-33(38)17-18-34-35(30)29-8-4-6-10-32(29)37(34)2;1-14(12-8-4-2-5-9-12)13-10-6-3-7-11-13;1-2-4-7-6-8(7)5-3-1;1-2-4-6-7-5-3-1/h3-19,24,26H,20-22H2,1-2H3;2-11H,1H3;1-4,7-8H,5-6H2;1-6H,7H2. The van der Waals surface area contributed by atoms with Gasteiger partial charge in [0.25, 0.3) is 0 Å². The summed E-state index contributed by atoms with van der Waals surface area (Å²) in [6.45, 7) is 5.60. The highest BCUT2D eigenvalue weighted by atomic mass is 15.2. The first-order valence-electron chi connectivity index (χ1n) is 24.8.